The summed E-state index contributed by atoms with van der Waals surface area (Å²) in [6.45, 7) is 6.27. The van der Waals surface area contributed by atoms with Gasteiger partial charge >= 0.3 is 0 Å². The average Bonchev–Trinajstić information content (AvgIpc) is 3.23. The monoisotopic (exact) mass is 281 g/mol. The van der Waals surface area contributed by atoms with E-state index in [-0.39, 0.29) is 12.2 Å². The molecule has 2 aliphatic rings. The first-order chi connectivity index (χ1) is 9.67. The minimum atomic E-state index is 0.0673. The summed E-state index contributed by atoms with van der Waals surface area (Å²) < 4.78 is 0. The van der Waals surface area contributed by atoms with Crippen LogP contribution in [0.15, 0.2) is 0 Å². The van der Waals surface area contributed by atoms with Crippen LogP contribution in [0, 0.1) is 0 Å². The molecule has 1 saturated carbocycles. The molecule has 1 heterocycles. The van der Waals surface area contributed by atoms with Crippen molar-refractivity contribution < 1.29 is 4.79 Å². The lowest BCUT2D eigenvalue weighted by Gasteiger charge is -2.26. The van der Waals surface area contributed by atoms with Crippen LogP contribution in [0.5, 0.6) is 0 Å². The first-order valence-corrected chi connectivity index (χ1v) is 8.44. The second-order valence-electron chi connectivity index (χ2n) is 6.41. The minimum absolute atomic E-state index is 0.0673. The summed E-state index contributed by atoms with van der Waals surface area (Å²) in [5, 5.41) is 3.55. The molecule has 1 aliphatic carbocycles. The summed E-state index contributed by atoms with van der Waals surface area (Å²) in [5.74, 6) is 0.334. The predicted molar refractivity (Wildman–Crippen MR) is 82.5 cm³/mol. The summed E-state index contributed by atoms with van der Waals surface area (Å²) >= 11 is 0. The molecule has 1 amide bonds. The fourth-order valence-electron chi connectivity index (χ4n) is 3.10. The van der Waals surface area contributed by atoms with Crippen molar-refractivity contribution in [3.05, 3.63) is 0 Å². The molecule has 2 atom stereocenters. The summed E-state index contributed by atoms with van der Waals surface area (Å²) in [5.41, 5.74) is 0. The predicted octanol–water partition coefficient (Wildman–Crippen LogP) is 2.20. The van der Waals surface area contributed by atoms with Crippen LogP contribution in [-0.2, 0) is 4.79 Å². The van der Waals surface area contributed by atoms with Crippen molar-refractivity contribution in [3.8, 4) is 0 Å². The molecule has 0 aromatic rings. The number of rotatable bonds is 9. The Bertz CT molecular complexity index is 317. The molecular formula is C16H31N3O. The highest BCUT2D eigenvalue weighted by atomic mass is 16.2. The van der Waals surface area contributed by atoms with Crippen LogP contribution in [-0.4, -0.2) is 54.1 Å². The third-order valence-corrected chi connectivity index (χ3v) is 4.62. The first-order valence-electron chi connectivity index (χ1n) is 8.44. The zero-order chi connectivity index (χ0) is 14.5. The van der Waals surface area contributed by atoms with Crippen LogP contribution >= 0.6 is 0 Å². The second-order valence-corrected chi connectivity index (χ2v) is 6.41. The number of hydrogen-bond acceptors (Lipinski definition) is 3. The third-order valence-electron chi connectivity index (χ3n) is 4.62. The van der Waals surface area contributed by atoms with Crippen LogP contribution < -0.4 is 5.32 Å². The lowest BCUT2D eigenvalue weighted by molar-refractivity contribution is -0.130. The third kappa shape index (κ3) is 3.95. The zero-order valence-electron chi connectivity index (χ0n) is 13.4. The van der Waals surface area contributed by atoms with Gasteiger partial charge in [0.2, 0.25) is 5.91 Å². The molecule has 116 valence electrons. The van der Waals surface area contributed by atoms with E-state index >= 15 is 0 Å². The van der Waals surface area contributed by atoms with Gasteiger partial charge in [-0.1, -0.05) is 33.1 Å². The van der Waals surface area contributed by atoms with E-state index in [1.165, 1.54) is 12.8 Å². The lowest BCUT2D eigenvalue weighted by Crippen LogP contribution is -2.42. The number of likely N-dealkylation sites (N-methyl/N-ethyl adjacent to an activating group) is 1. The largest absolute Gasteiger partial charge is 0.325 e. The van der Waals surface area contributed by atoms with E-state index in [2.05, 4.69) is 36.0 Å². The van der Waals surface area contributed by atoms with Crippen molar-refractivity contribution in [2.24, 2.45) is 0 Å². The Kier molecular flexibility index (Phi) is 5.85. The van der Waals surface area contributed by atoms with Gasteiger partial charge in [0.15, 0.2) is 0 Å². The van der Waals surface area contributed by atoms with Gasteiger partial charge in [-0.2, -0.15) is 0 Å². The molecule has 0 aromatic carbocycles. The van der Waals surface area contributed by atoms with E-state index in [9.17, 15) is 4.79 Å². The van der Waals surface area contributed by atoms with E-state index in [0.29, 0.717) is 5.91 Å². The molecule has 2 unspecified atom stereocenters. The van der Waals surface area contributed by atoms with Crippen LogP contribution in [0.1, 0.15) is 58.8 Å². The molecule has 1 saturated heterocycles. The van der Waals surface area contributed by atoms with Crippen molar-refractivity contribution >= 4 is 5.91 Å². The number of nitrogens with zero attached hydrogens (tertiary/aromatic N) is 2. The Morgan fingerprint density at radius 1 is 1.25 bits per heavy atom. The Balaban J connectivity index is 1.86. The lowest BCUT2D eigenvalue weighted by atomic mass is 10.1. The average molecular weight is 281 g/mol. The van der Waals surface area contributed by atoms with E-state index < -0.39 is 0 Å². The van der Waals surface area contributed by atoms with Crippen LogP contribution in [0.4, 0.5) is 0 Å². The standard InChI is InChI=1S/C16H31N3O/c1-4-6-8-14-16(20)19(15(17-14)7-5-2)12-11-18(3)13-9-10-13/h13-15,17H,4-12H2,1-3H3. The smallest absolute Gasteiger partial charge is 0.241 e. The molecule has 0 bridgehead atoms. The summed E-state index contributed by atoms with van der Waals surface area (Å²) in [4.78, 5) is 17.1. The van der Waals surface area contributed by atoms with E-state index in [0.717, 1.165) is 51.2 Å². The molecule has 4 heteroatoms. The molecule has 1 aliphatic heterocycles. The van der Waals surface area contributed by atoms with Crippen molar-refractivity contribution in [2.45, 2.75) is 77.0 Å². The topological polar surface area (TPSA) is 35.6 Å². The molecule has 4 nitrogen and oxygen atoms in total. The van der Waals surface area contributed by atoms with Crippen LogP contribution in [0.25, 0.3) is 0 Å². The number of hydrogen-bond donors (Lipinski definition) is 1. The highest BCUT2D eigenvalue weighted by Crippen LogP contribution is 2.25. The maximum atomic E-state index is 12.5. The summed E-state index contributed by atoms with van der Waals surface area (Å²) in [6, 6.07) is 0.846. The second kappa shape index (κ2) is 7.41. The number of carbonyl (C=O) groups excluding carboxylic acids is 1. The molecular weight excluding hydrogens is 250 g/mol. The quantitative estimate of drug-likeness (QED) is 0.704. The zero-order valence-corrected chi connectivity index (χ0v) is 13.4. The van der Waals surface area contributed by atoms with Gasteiger partial charge in [0.25, 0.3) is 0 Å². The molecule has 0 radical (unpaired) electrons. The first kappa shape index (κ1) is 15.8. The number of amides is 1. The summed E-state index contributed by atoms with van der Waals surface area (Å²) in [7, 11) is 2.19. The van der Waals surface area contributed by atoms with Gasteiger partial charge in [0, 0.05) is 19.1 Å². The molecule has 2 rings (SSSR count). The van der Waals surface area contributed by atoms with Gasteiger partial charge in [-0.3, -0.25) is 10.1 Å². The normalized spacial score (nSPS) is 26.8. The van der Waals surface area contributed by atoms with Gasteiger partial charge in [-0.25, -0.2) is 0 Å². The van der Waals surface area contributed by atoms with E-state index in [4.69, 9.17) is 0 Å². The molecule has 20 heavy (non-hydrogen) atoms. The fraction of sp³-hybridized carbons (Fsp3) is 0.938. The molecule has 1 N–H and O–H groups in total. The molecule has 0 spiro atoms. The Morgan fingerprint density at radius 3 is 2.60 bits per heavy atom. The molecule has 0 aromatic heterocycles. The van der Waals surface area contributed by atoms with Crippen molar-refractivity contribution in [1.82, 2.24) is 15.1 Å². The van der Waals surface area contributed by atoms with E-state index in [1.807, 2.05) is 0 Å². The van der Waals surface area contributed by atoms with Crippen LogP contribution in [0.3, 0.4) is 0 Å². The van der Waals surface area contributed by atoms with Gasteiger partial charge in [0.1, 0.15) is 0 Å². The highest BCUT2D eigenvalue weighted by Gasteiger charge is 2.38. The number of carbonyl (C=O) groups is 1. The van der Waals surface area contributed by atoms with E-state index in [1.54, 1.807) is 0 Å². The SMILES string of the molecule is CCCCC1NC(CCC)N(CCN(C)C2CC2)C1=O. The van der Waals surface area contributed by atoms with Crippen LogP contribution in [0.2, 0.25) is 0 Å². The number of nitrogens with one attached hydrogen (secondary N) is 1. The minimum Gasteiger partial charge on any atom is -0.325 e. The van der Waals surface area contributed by atoms with Gasteiger partial charge in [0.05, 0.1) is 12.2 Å². The van der Waals surface area contributed by atoms with Crippen molar-refractivity contribution in [2.75, 3.05) is 20.1 Å². The number of unbranched alkanes of at least 4 members (excludes halogenated alkanes) is 1. The van der Waals surface area contributed by atoms with Gasteiger partial charge in [-0.05, 0) is 32.7 Å². The fourth-order valence-corrected chi connectivity index (χ4v) is 3.10. The Labute approximate surface area is 123 Å². The van der Waals surface area contributed by atoms with Gasteiger partial charge < -0.3 is 9.80 Å². The maximum Gasteiger partial charge on any atom is 0.241 e. The molecule has 2 fully saturated rings. The van der Waals surface area contributed by atoms with Crippen molar-refractivity contribution in [3.63, 3.8) is 0 Å². The maximum absolute atomic E-state index is 12.5. The Hall–Kier alpha value is -0.610. The summed E-state index contributed by atoms with van der Waals surface area (Å²) in [6.07, 6.45) is 8.42. The van der Waals surface area contributed by atoms with Crippen molar-refractivity contribution in [1.29, 1.82) is 0 Å². The Morgan fingerprint density at radius 2 is 2.00 bits per heavy atom. The highest BCUT2D eigenvalue weighted by molar-refractivity contribution is 5.84. The van der Waals surface area contributed by atoms with Gasteiger partial charge in [-0.15, -0.1) is 0 Å².